The van der Waals surface area contributed by atoms with Crippen molar-refractivity contribution in [2.24, 2.45) is 5.41 Å². The van der Waals surface area contributed by atoms with Crippen molar-refractivity contribution in [3.8, 4) is 0 Å². The topological polar surface area (TPSA) is 67.9 Å². The number of anilines is 1. The fourth-order valence-corrected chi connectivity index (χ4v) is 3.62. The third-order valence-electron chi connectivity index (χ3n) is 5.30. The summed E-state index contributed by atoms with van der Waals surface area (Å²) in [5.74, 6) is -1.46. The molecule has 1 saturated carbocycles. The summed E-state index contributed by atoms with van der Waals surface area (Å²) < 4.78 is 24.6. The van der Waals surface area contributed by atoms with Crippen LogP contribution in [0, 0.1) is 11.2 Å². The number of rotatable bonds is 3. The summed E-state index contributed by atoms with van der Waals surface area (Å²) >= 11 is 0. The highest BCUT2D eigenvalue weighted by atomic mass is 19.1. The molecule has 1 N–H and O–H groups in total. The van der Waals surface area contributed by atoms with Gasteiger partial charge in [0.2, 0.25) is 11.8 Å². The highest BCUT2D eigenvalue weighted by Gasteiger charge is 2.58. The zero-order chi connectivity index (χ0) is 17.5. The van der Waals surface area contributed by atoms with Gasteiger partial charge in [0.05, 0.1) is 13.2 Å². The normalized spacial score (nSPS) is 23.5. The maximum Gasteiger partial charge on any atom is 0.240 e. The quantitative estimate of drug-likeness (QED) is 0.848. The minimum atomic E-state index is -1.01. The van der Waals surface area contributed by atoms with Crippen LogP contribution in [0.25, 0.3) is 0 Å². The van der Waals surface area contributed by atoms with E-state index in [1.807, 2.05) is 0 Å². The molecule has 2 saturated heterocycles. The predicted octanol–water partition coefficient (Wildman–Crippen LogP) is 1.91. The van der Waals surface area contributed by atoms with Gasteiger partial charge in [0.25, 0.3) is 0 Å². The second kappa shape index (κ2) is 6.07. The van der Waals surface area contributed by atoms with Crippen LogP contribution < -0.4 is 5.32 Å². The van der Waals surface area contributed by atoms with Crippen molar-refractivity contribution in [3.05, 3.63) is 30.1 Å². The standard InChI is InChI=1S/C18H21FN2O4/c19-13-2-1-3-14(12-13)20-15(22)17(4-5-17)16(23)21-8-6-18(7-9-21)24-10-11-25-18/h1-3,12H,4-11H2,(H,20,22). The number of ether oxygens (including phenoxy) is 2. The maximum atomic E-state index is 13.3. The van der Waals surface area contributed by atoms with Crippen LogP contribution in [-0.4, -0.2) is 48.8 Å². The van der Waals surface area contributed by atoms with E-state index in [4.69, 9.17) is 9.47 Å². The van der Waals surface area contributed by atoms with Crippen LogP contribution >= 0.6 is 0 Å². The number of likely N-dealkylation sites (tertiary alicyclic amines) is 1. The molecule has 2 aliphatic heterocycles. The zero-order valence-corrected chi connectivity index (χ0v) is 13.9. The van der Waals surface area contributed by atoms with Crippen molar-refractivity contribution >= 4 is 17.5 Å². The number of piperidine rings is 1. The Bertz CT molecular complexity index is 688. The lowest BCUT2D eigenvalue weighted by Crippen LogP contribution is -2.51. The largest absolute Gasteiger partial charge is 0.347 e. The molecule has 3 aliphatic rings. The van der Waals surface area contributed by atoms with Gasteiger partial charge in [-0.2, -0.15) is 0 Å². The molecule has 25 heavy (non-hydrogen) atoms. The zero-order valence-electron chi connectivity index (χ0n) is 13.9. The van der Waals surface area contributed by atoms with E-state index in [1.165, 1.54) is 18.2 Å². The first-order valence-electron chi connectivity index (χ1n) is 8.67. The molecule has 2 heterocycles. The minimum Gasteiger partial charge on any atom is -0.347 e. The van der Waals surface area contributed by atoms with Crippen molar-refractivity contribution in [2.45, 2.75) is 31.5 Å². The highest BCUT2D eigenvalue weighted by molar-refractivity contribution is 6.13. The summed E-state index contributed by atoms with van der Waals surface area (Å²) in [6.45, 7) is 2.23. The van der Waals surface area contributed by atoms with Crippen molar-refractivity contribution < 1.29 is 23.5 Å². The van der Waals surface area contributed by atoms with Gasteiger partial charge in [-0.25, -0.2) is 4.39 Å². The molecule has 0 aromatic heterocycles. The fourth-order valence-electron chi connectivity index (χ4n) is 3.62. The number of halogens is 1. The van der Waals surface area contributed by atoms with Crippen LogP contribution in [0.2, 0.25) is 0 Å². The molecular formula is C18H21FN2O4. The Kier molecular flexibility index (Phi) is 4.00. The number of carbonyl (C=O) groups excluding carboxylic acids is 2. The lowest BCUT2D eigenvalue weighted by Gasteiger charge is -2.38. The maximum absolute atomic E-state index is 13.3. The van der Waals surface area contributed by atoms with E-state index < -0.39 is 17.0 Å². The second-order valence-electron chi connectivity index (χ2n) is 6.95. The monoisotopic (exact) mass is 348 g/mol. The number of benzene rings is 1. The Hall–Kier alpha value is -1.99. The van der Waals surface area contributed by atoms with Gasteiger partial charge in [-0.05, 0) is 31.0 Å². The summed E-state index contributed by atoms with van der Waals surface area (Å²) in [6.07, 6.45) is 2.31. The molecule has 0 unspecified atom stereocenters. The Labute approximate surface area is 145 Å². The molecule has 2 amide bonds. The smallest absolute Gasteiger partial charge is 0.240 e. The van der Waals surface area contributed by atoms with Gasteiger partial charge in [0.1, 0.15) is 11.2 Å². The summed E-state index contributed by atoms with van der Waals surface area (Å²) in [5, 5.41) is 2.68. The average Bonchev–Trinajstić information content (AvgIpc) is 3.31. The van der Waals surface area contributed by atoms with E-state index >= 15 is 0 Å². The molecule has 1 aliphatic carbocycles. The Morgan fingerprint density at radius 3 is 2.36 bits per heavy atom. The third-order valence-corrected chi connectivity index (χ3v) is 5.30. The molecule has 6 nitrogen and oxygen atoms in total. The molecule has 1 spiro atoms. The number of hydrogen-bond acceptors (Lipinski definition) is 4. The van der Waals surface area contributed by atoms with Crippen LogP contribution in [0.3, 0.4) is 0 Å². The Morgan fingerprint density at radius 2 is 1.76 bits per heavy atom. The van der Waals surface area contributed by atoms with Crippen LogP contribution in [0.15, 0.2) is 24.3 Å². The molecule has 1 aromatic carbocycles. The van der Waals surface area contributed by atoms with Crippen molar-refractivity contribution in [1.82, 2.24) is 4.90 Å². The Balaban J connectivity index is 1.40. The van der Waals surface area contributed by atoms with Gasteiger partial charge < -0.3 is 19.7 Å². The lowest BCUT2D eigenvalue weighted by atomic mass is 9.98. The first-order chi connectivity index (χ1) is 12.0. The van der Waals surface area contributed by atoms with Gasteiger partial charge in [-0.15, -0.1) is 0 Å². The van der Waals surface area contributed by atoms with E-state index in [0.29, 0.717) is 57.7 Å². The van der Waals surface area contributed by atoms with Crippen LogP contribution in [0.4, 0.5) is 10.1 Å². The summed E-state index contributed by atoms with van der Waals surface area (Å²) in [4.78, 5) is 27.2. The van der Waals surface area contributed by atoms with Crippen LogP contribution in [0.1, 0.15) is 25.7 Å². The molecule has 134 valence electrons. The highest BCUT2D eigenvalue weighted by Crippen LogP contribution is 2.49. The number of hydrogen-bond donors (Lipinski definition) is 1. The molecule has 1 aromatic rings. The minimum absolute atomic E-state index is 0.144. The Morgan fingerprint density at radius 1 is 1.08 bits per heavy atom. The molecule has 0 radical (unpaired) electrons. The van der Waals surface area contributed by atoms with Crippen LogP contribution in [0.5, 0.6) is 0 Å². The fraction of sp³-hybridized carbons (Fsp3) is 0.556. The summed E-state index contributed by atoms with van der Waals surface area (Å²) in [6, 6.07) is 5.70. The van der Waals surface area contributed by atoms with E-state index in [1.54, 1.807) is 11.0 Å². The van der Waals surface area contributed by atoms with E-state index in [-0.39, 0.29) is 11.8 Å². The van der Waals surface area contributed by atoms with E-state index in [9.17, 15) is 14.0 Å². The van der Waals surface area contributed by atoms with Crippen molar-refractivity contribution in [1.29, 1.82) is 0 Å². The molecule has 0 bridgehead atoms. The summed E-state index contributed by atoms with van der Waals surface area (Å²) in [7, 11) is 0. The van der Waals surface area contributed by atoms with E-state index in [2.05, 4.69) is 5.32 Å². The van der Waals surface area contributed by atoms with Crippen LogP contribution in [-0.2, 0) is 19.1 Å². The predicted molar refractivity (Wildman–Crippen MR) is 87.1 cm³/mol. The third kappa shape index (κ3) is 3.02. The van der Waals surface area contributed by atoms with Gasteiger partial charge in [-0.3, -0.25) is 9.59 Å². The van der Waals surface area contributed by atoms with Gasteiger partial charge in [0.15, 0.2) is 5.79 Å². The first kappa shape index (κ1) is 16.5. The van der Waals surface area contributed by atoms with Gasteiger partial charge in [0, 0.05) is 31.6 Å². The molecular weight excluding hydrogens is 327 g/mol. The van der Waals surface area contributed by atoms with Gasteiger partial charge >= 0.3 is 0 Å². The molecule has 3 fully saturated rings. The summed E-state index contributed by atoms with van der Waals surface area (Å²) in [5.41, 5.74) is -0.636. The number of nitrogens with zero attached hydrogens (tertiary/aromatic N) is 1. The van der Waals surface area contributed by atoms with Crippen molar-refractivity contribution in [3.63, 3.8) is 0 Å². The molecule has 0 atom stereocenters. The number of carbonyl (C=O) groups is 2. The van der Waals surface area contributed by atoms with Gasteiger partial charge in [-0.1, -0.05) is 6.07 Å². The first-order valence-corrected chi connectivity index (χ1v) is 8.67. The number of nitrogens with one attached hydrogen (secondary N) is 1. The average molecular weight is 348 g/mol. The second-order valence-corrected chi connectivity index (χ2v) is 6.95. The lowest BCUT2D eigenvalue weighted by molar-refractivity contribution is -0.188. The van der Waals surface area contributed by atoms with E-state index in [0.717, 1.165) is 0 Å². The number of amides is 2. The molecule has 4 rings (SSSR count). The SMILES string of the molecule is O=C(Nc1cccc(F)c1)C1(C(=O)N2CCC3(CC2)OCCO3)CC1. The van der Waals surface area contributed by atoms with Crippen molar-refractivity contribution in [2.75, 3.05) is 31.6 Å². The molecule has 7 heteroatoms.